The quantitative estimate of drug-likeness (QED) is 0.0187. The molecule has 3 heterocycles. The summed E-state index contributed by atoms with van der Waals surface area (Å²) in [7, 11) is -1.25. The van der Waals surface area contributed by atoms with Gasteiger partial charge in [-0.15, -0.1) is 0 Å². The predicted octanol–water partition coefficient (Wildman–Crippen LogP) is 0.614. The molecule has 135 heavy (non-hydrogen) atoms. The highest BCUT2D eigenvalue weighted by Crippen LogP contribution is 2.50. The number of rotatable bonds is 62. The molecule has 14 amide bonds. The van der Waals surface area contributed by atoms with E-state index in [-0.39, 0.29) is 120 Å². The Balaban J connectivity index is 1.10. The number of phosphoric ester groups is 1. The van der Waals surface area contributed by atoms with Crippen LogP contribution in [0.4, 0.5) is 5.69 Å². The van der Waals surface area contributed by atoms with Gasteiger partial charge >= 0.3 is 27.4 Å². The van der Waals surface area contributed by atoms with Crippen LogP contribution in [-0.2, 0) is 135 Å². The summed E-state index contributed by atoms with van der Waals surface area (Å²) in [6.45, 7) is 18.5. The molecule has 756 valence electrons. The van der Waals surface area contributed by atoms with E-state index >= 15 is 0 Å². The zero-order valence-electron chi connectivity index (χ0n) is 79.6. The van der Waals surface area contributed by atoms with Crippen LogP contribution in [0.5, 0.6) is 0 Å². The van der Waals surface area contributed by atoms with Crippen molar-refractivity contribution in [1.82, 2.24) is 67.5 Å². The number of nitrogens with zero attached hydrogens (tertiary/aromatic N) is 4. The van der Waals surface area contributed by atoms with Gasteiger partial charge in [0.2, 0.25) is 70.9 Å². The minimum absolute atomic E-state index is 0.00996. The van der Waals surface area contributed by atoms with Crippen molar-refractivity contribution in [3.63, 3.8) is 0 Å². The third-order valence-corrected chi connectivity index (χ3v) is 24.6. The van der Waals surface area contributed by atoms with Gasteiger partial charge < -0.3 is 116 Å². The molecule has 3 aliphatic rings. The zero-order valence-corrected chi connectivity index (χ0v) is 81.4. The summed E-state index contributed by atoms with van der Waals surface area (Å²) in [5, 5.41) is 35.3. The van der Waals surface area contributed by atoms with E-state index in [0.717, 1.165) is 12.2 Å². The van der Waals surface area contributed by atoms with E-state index in [0.29, 0.717) is 41.8 Å². The van der Waals surface area contributed by atoms with Crippen LogP contribution in [0, 0.1) is 29.6 Å². The number of carbonyl (C=O) groups is 16. The maximum atomic E-state index is 14.7. The number of imide groups is 1. The molecule has 0 aromatic heterocycles. The first kappa shape index (κ1) is 115. The molecule has 0 bridgehead atoms. The topological polar surface area (TPSA) is 605 Å². The molecular weight excluding hydrogens is 1810 g/mol. The van der Waals surface area contributed by atoms with Crippen LogP contribution < -0.4 is 53.2 Å². The van der Waals surface area contributed by atoms with E-state index < -0.39 is 234 Å². The lowest BCUT2D eigenvalue weighted by Crippen LogP contribution is -2.59. The van der Waals surface area contributed by atoms with Crippen LogP contribution in [0.25, 0.3) is 0 Å². The van der Waals surface area contributed by atoms with Gasteiger partial charge in [-0.3, -0.25) is 95.3 Å². The minimum atomic E-state index is -5.00. The zero-order chi connectivity index (χ0) is 101. The first-order valence-corrected chi connectivity index (χ1v) is 48.3. The Morgan fingerprint density at radius 2 is 1.18 bits per heavy atom. The number of ether oxygens (including phenoxy) is 7. The normalized spacial score (nSPS) is 18.1. The van der Waals surface area contributed by atoms with Crippen LogP contribution >= 0.6 is 15.4 Å². The molecule has 2 aromatic carbocycles. The Kier molecular flexibility index (Phi) is 48.9. The second kappa shape index (κ2) is 57.2. The van der Waals surface area contributed by atoms with E-state index in [1.807, 2.05) is 60.5 Å². The van der Waals surface area contributed by atoms with Crippen LogP contribution in [0.3, 0.4) is 0 Å². The fourth-order valence-electron chi connectivity index (χ4n) is 15.4. The standard InChI is InChI=1S/C88H138N14O31P2/c1-17-54(8)77(100(14)87(118)75(52(4)5)98-86(117)76(53(6)7)99(12)13)66(125-15)48-72(108)101-35-21-24-64(101)78(126-16)55(9)80(111)91-56(10)79(59-22-19-18-20-23-59)133-135(123,124)132-50-58-25-27-60(28-26-58)93-81(112)57(11)92-85(116)74(51(2)3)97-83(114)63(47-73(109)110)96-82(113)62(46-69(105)94-61-31-37-131-88(61)119)95-68(104)32-36-127-39-41-129-43-44-130-42-40-128-38-34-89-84(115)65(102-70(106)29-30-71(102)107)49-90-67(103)33-45-134(120,121)122/h18-20,22-23,25-30,51-57,61-66,74-79H,17,21,24,31-50H2,1-16H3,(H,89,115)(H,90,103)(H,91,111)(H,92,116)(H,93,112)(H,94,105)(H,95,104)(H,96,113)(H,97,114)(H,98,117)(H,109,110)(H,123,124)(H2,120,121,122)/t54-,55+,56+,57-,61-,62-,63-,64-,65-,66+,74-,75-,76-,77-,78+,79+/m0/s1. The number of benzene rings is 2. The minimum Gasteiger partial charge on any atom is -0.481 e. The van der Waals surface area contributed by atoms with Crippen molar-refractivity contribution in [3.05, 3.63) is 77.9 Å². The summed E-state index contributed by atoms with van der Waals surface area (Å²) < 4.78 is 75.4. The number of methoxy groups -OCH3 is 2. The number of likely N-dealkylation sites (N-methyl/N-ethyl adjacent to an activating group) is 2. The fourth-order valence-corrected chi connectivity index (χ4v) is 16.9. The number of hydrogen-bond donors (Lipinski definition) is 14. The molecule has 0 radical (unpaired) electrons. The van der Waals surface area contributed by atoms with Crippen molar-refractivity contribution in [2.24, 2.45) is 29.6 Å². The van der Waals surface area contributed by atoms with Gasteiger partial charge in [-0.05, 0) is 87.7 Å². The van der Waals surface area contributed by atoms with Gasteiger partial charge in [0.05, 0.1) is 134 Å². The van der Waals surface area contributed by atoms with Gasteiger partial charge in [0.25, 0.3) is 11.8 Å². The highest BCUT2D eigenvalue weighted by molar-refractivity contribution is 7.51. The highest BCUT2D eigenvalue weighted by Gasteiger charge is 2.46. The maximum Gasteiger partial charge on any atom is 0.473 e. The summed E-state index contributed by atoms with van der Waals surface area (Å²) in [5.41, 5.74) is 0.930. The number of nitrogens with one attached hydrogen (secondary N) is 10. The van der Waals surface area contributed by atoms with Gasteiger partial charge in [0, 0.05) is 78.0 Å². The molecule has 17 atom stereocenters. The molecule has 45 nitrogen and oxygen atoms in total. The smallest absolute Gasteiger partial charge is 0.473 e. The highest BCUT2D eigenvalue weighted by atomic mass is 31.2. The lowest BCUT2D eigenvalue weighted by molar-refractivity contribution is -0.148. The molecule has 2 saturated heterocycles. The molecule has 0 aliphatic carbocycles. The van der Waals surface area contributed by atoms with Crippen LogP contribution in [-0.4, -0.2) is 333 Å². The monoisotopic (exact) mass is 1950 g/mol. The fraction of sp³-hybridized carbons (Fsp3) is 0.659. The third-order valence-electron chi connectivity index (χ3n) is 22.8. The van der Waals surface area contributed by atoms with Crippen molar-refractivity contribution in [2.45, 2.75) is 225 Å². The number of amides is 14. The van der Waals surface area contributed by atoms with Crippen molar-refractivity contribution in [3.8, 4) is 0 Å². The van der Waals surface area contributed by atoms with Gasteiger partial charge in [-0.25, -0.2) is 9.36 Å². The van der Waals surface area contributed by atoms with Crippen LogP contribution in [0.1, 0.15) is 151 Å². The van der Waals surface area contributed by atoms with Crippen molar-refractivity contribution in [2.75, 3.05) is 126 Å². The average molecular weight is 1950 g/mol. The molecule has 0 saturated carbocycles. The van der Waals surface area contributed by atoms with E-state index in [9.17, 15) is 95.8 Å². The number of cyclic esters (lactones) is 1. The largest absolute Gasteiger partial charge is 0.481 e. The first-order chi connectivity index (χ1) is 63.6. The number of phosphoric acid groups is 1. The summed E-state index contributed by atoms with van der Waals surface area (Å²) >= 11 is 0. The molecular formula is C88H138N14O31P2. The SMILES string of the molecule is CC[C@H](C)[C@@H]([C@@H](CC(=O)N1CCC[C@H]1[C@H](OC)[C@@H](C)C(=O)N[C@H](C)[C@@H](OP(=O)(O)OCc1ccc(NC(=O)[C@H](C)NC(=O)[C@@H](NC(=O)[C@H](CC(=O)O)NC(=O)[C@H](CC(=O)N[C@H]2CCOC2=O)NC(=O)CCOCCOCCOCCOCCNC(=O)[C@H](CNC(=O)CCP(=O)(O)O)N2C(=O)C=CC2=O)C(C)C)cc1)c1ccccc1)OC)N(C)C(=O)[C@@H](NC(=O)[C@H](C(C)C)N(C)C)C(C)C. The number of carbonyl (C=O) groups excluding carboxylic acids is 15. The third kappa shape index (κ3) is 38.4. The van der Waals surface area contributed by atoms with Gasteiger partial charge in [0.15, 0.2) is 0 Å². The molecule has 0 spiro atoms. The van der Waals surface area contributed by atoms with E-state index in [2.05, 4.69) is 53.2 Å². The molecule has 47 heteroatoms. The number of carboxylic acids is 1. The van der Waals surface area contributed by atoms with Crippen LogP contribution in [0.2, 0.25) is 0 Å². The summed E-state index contributed by atoms with van der Waals surface area (Å²) in [4.78, 5) is 249. The second-order valence-corrected chi connectivity index (χ2v) is 37.7. The second-order valence-electron chi connectivity index (χ2n) is 34.5. The van der Waals surface area contributed by atoms with Crippen molar-refractivity contribution < 1.29 is 148 Å². The Morgan fingerprint density at radius 1 is 0.593 bits per heavy atom. The summed E-state index contributed by atoms with van der Waals surface area (Å²) in [6, 6.07) is 1.60. The van der Waals surface area contributed by atoms with Crippen molar-refractivity contribution in [1.29, 1.82) is 0 Å². The molecule has 1 unspecified atom stereocenters. The number of hydrogen-bond acceptors (Lipinski definition) is 28. The average Bonchev–Trinajstić information content (AvgIpc) is 1.61. The molecule has 3 aliphatic heterocycles. The molecule has 5 rings (SSSR count). The van der Waals surface area contributed by atoms with E-state index in [1.165, 1.54) is 59.3 Å². The Hall–Kier alpha value is -10.1. The Morgan fingerprint density at radius 3 is 1.73 bits per heavy atom. The lowest BCUT2D eigenvalue weighted by Gasteiger charge is -2.41. The Bertz CT molecular complexity index is 4410. The van der Waals surface area contributed by atoms with E-state index in [1.54, 1.807) is 61.0 Å². The number of carboxylic acid groups (broad SMARTS) is 1. The van der Waals surface area contributed by atoms with Crippen molar-refractivity contribution >= 4 is 116 Å². The number of esters is 1. The van der Waals surface area contributed by atoms with Crippen LogP contribution in [0.15, 0.2) is 66.7 Å². The number of aliphatic carboxylic acids is 1. The van der Waals surface area contributed by atoms with Gasteiger partial charge in [-0.1, -0.05) is 111 Å². The summed E-state index contributed by atoms with van der Waals surface area (Å²) in [5.74, 6) is -14.9. The molecule has 14 N–H and O–H groups in total. The number of anilines is 1. The molecule has 2 fully saturated rings. The predicted molar refractivity (Wildman–Crippen MR) is 486 cm³/mol. The molecule has 2 aromatic rings. The van der Waals surface area contributed by atoms with Gasteiger partial charge in [0.1, 0.15) is 48.4 Å². The Labute approximate surface area is 786 Å². The number of likely N-dealkylation sites (tertiary alicyclic amines) is 1. The lowest BCUT2D eigenvalue weighted by atomic mass is 9.89. The summed E-state index contributed by atoms with van der Waals surface area (Å²) in [6.07, 6.45) is -2.90. The van der Waals surface area contributed by atoms with E-state index in [4.69, 9.17) is 52.0 Å². The maximum absolute atomic E-state index is 14.7. The van der Waals surface area contributed by atoms with Gasteiger partial charge in [-0.2, -0.15) is 0 Å². The first-order valence-electron chi connectivity index (χ1n) is 45.0.